The topological polar surface area (TPSA) is 54.3 Å². The predicted octanol–water partition coefficient (Wildman–Crippen LogP) is 3.99. The maximum absolute atomic E-state index is 7.48. The van der Waals surface area contributed by atoms with Crippen LogP contribution < -0.4 is 10.6 Å². The Bertz CT molecular complexity index is 555. The van der Waals surface area contributed by atoms with E-state index in [2.05, 4.69) is 27.1 Å². The SMILES string of the molecule is CC1(C)OB(c2cc(NPI)c(C=N)cc2Cl)OC1(C)C. The van der Waals surface area contributed by atoms with Crippen LogP contribution in [-0.2, 0) is 9.31 Å². The van der Waals surface area contributed by atoms with Gasteiger partial charge in [-0.15, -0.1) is 0 Å². The lowest BCUT2D eigenvalue weighted by atomic mass is 9.78. The summed E-state index contributed by atoms with van der Waals surface area (Å²) in [6.45, 7) is 8.05. The van der Waals surface area contributed by atoms with E-state index in [1.54, 1.807) is 6.07 Å². The molecule has 4 nitrogen and oxygen atoms in total. The minimum absolute atomic E-state index is 0.403. The lowest BCUT2D eigenvalue weighted by Crippen LogP contribution is -2.41. The van der Waals surface area contributed by atoms with Crippen molar-refractivity contribution in [2.24, 2.45) is 0 Å². The van der Waals surface area contributed by atoms with E-state index in [9.17, 15) is 0 Å². The summed E-state index contributed by atoms with van der Waals surface area (Å²) in [4.78, 5) is 0. The molecule has 0 radical (unpaired) electrons. The molecule has 1 aliphatic heterocycles. The minimum atomic E-state index is -0.500. The lowest BCUT2D eigenvalue weighted by molar-refractivity contribution is 0.00578. The average Bonchev–Trinajstić information content (AvgIpc) is 2.60. The summed E-state index contributed by atoms with van der Waals surface area (Å²) in [6.07, 6.45) is 1.80. The van der Waals surface area contributed by atoms with Gasteiger partial charge in [0.2, 0.25) is 0 Å². The molecule has 1 atom stereocenters. The molecule has 2 rings (SSSR count). The van der Waals surface area contributed by atoms with Gasteiger partial charge in [-0.05, 0) is 61.9 Å². The highest BCUT2D eigenvalue weighted by atomic mass is 127. The number of benzene rings is 1. The summed E-state index contributed by atoms with van der Waals surface area (Å²) in [6, 6.07) is 3.69. The Morgan fingerprint density at radius 2 is 1.86 bits per heavy atom. The van der Waals surface area contributed by atoms with Crippen molar-refractivity contribution in [1.29, 1.82) is 5.41 Å². The number of rotatable bonds is 4. The van der Waals surface area contributed by atoms with E-state index >= 15 is 0 Å². The molecule has 0 aliphatic carbocycles. The molecule has 0 aromatic heterocycles. The van der Waals surface area contributed by atoms with Gasteiger partial charge in [-0.2, -0.15) is 0 Å². The molecule has 8 heteroatoms. The van der Waals surface area contributed by atoms with E-state index < -0.39 is 18.3 Å². The van der Waals surface area contributed by atoms with Crippen molar-refractivity contribution in [3.63, 3.8) is 0 Å². The summed E-state index contributed by atoms with van der Waals surface area (Å²) in [5.41, 5.74) is 1.61. The molecule has 0 saturated carbocycles. The fraction of sp³-hybridized carbons (Fsp3) is 0.462. The largest absolute Gasteiger partial charge is 0.496 e. The number of nitrogens with one attached hydrogen (secondary N) is 2. The summed E-state index contributed by atoms with van der Waals surface area (Å²) in [5.74, 6) is 0. The normalized spacial score (nSPS) is 20.2. The first-order valence-corrected chi connectivity index (χ1v) is 11.0. The highest BCUT2D eigenvalue weighted by molar-refractivity contribution is 14.2. The summed E-state index contributed by atoms with van der Waals surface area (Å²) >= 11 is 8.61. The third-order valence-electron chi connectivity index (χ3n) is 4.01. The highest BCUT2D eigenvalue weighted by Crippen LogP contribution is 2.37. The third-order valence-corrected chi connectivity index (χ3v) is 5.51. The second kappa shape index (κ2) is 6.32. The smallest absolute Gasteiger partial charge is 0.399 e. The Labute approximate surface area is 145 Å². The van der Waals surface area contributed by atoms with E-state index in [-0.39, 0.29) is 0 Å². The quantitative estimate of drug-likeness (QED) is 0.324. The van der Waals surface area contributed by atoms with Gasteiger partial charge in [-0.25, -0.2) is 0 Å². The average molecular weight is 438 g/mol. The first-order valence-electron chi connectivity index (χ1n) is 6.53. The van der Waals surface area contributed by atoms with Gasteiger partial charge in [0.15, 0.2) is 0 Å². The molecule has 1 aromatic rings. The third kappa shape index (κ3) is 3.40. The van der Waals surface area contributed by atoms with Crippen LogP contribution in [0.15, 0.2) is 12.1 Å². The van der Waals surface area contributed by atoms with Crippen molar-refractivity contribution in [2.75, 3.05) is 5.09 Å². The second-order valence-corrected chi connectivity index (χ2v) is 8.38. The minimum Gasteiger partial charge on any atom is -0.399 e. The summed E-state index contributed by atoms with van der Waals surface area (Å²) < 4.78 is 12.1. The molecule has 21 heavy (non-hydrogen) atoms. The van der Waals surface area contributed by atoms with Gasteiger partial charge in [0.25, 0.3) is 0 Å². The molecule has 1 aromatic carbocycles. The first-order chi connectivity index (χ1) is 9.71. The van der Waals surface area contributed by atoms with Crippen LogP contribution in [0, 0.1) is 5.41 Å². The maximum atomic E-state index is 7.48. The molecule has 1 aliphatic rings. The molecule has 1 unspecified atom stereocenters. The number of halogens is 2. The number of hydrogen-bond acceptors (Lipinski definition) is 4. The van der Waals surface area contributed by atoms with Crippen LogP contribution >= 0.6 is 40.0 Å². The molecule has 1 heterocycles. The van der Waals surface area contributed by atoms with E-state index in [4.69, 9.17) is 26.3 Å². The van der Waals surface area contributed by atoms with Crippen molar-refractivity contribution < 1.29 is 9.31 Å². The molecule has 0 amide bonds. The van der Waals surface area contributed by atoms with Gasteiger partial charge in [0.1, 0.15) is 0 Å². The molecule has 1 saturated heterocycles. The lowest BCUT2D eigenvalue weighted by Gasteiger charge is -2.32. The molecule has 114 valence electrons. The van der Waals surface area contributed by atoms with Crippen LogP contribution in [0.1, 0.15) is 33.3 Å². The van der Waals surface area contributed by atoms with Crippen molar-refractivity contribution >= 4 is 64.5 Å². The molecule has 2 N–H and O–H groups in total. The van der Waals surface area contributed by atoms with E-state index in [1.807, 2.05) is 33.8 Å². The van der Waals surface area contributed by atoms with Crippen LogP contribution in [0.4, 0.5) is 5.69 Å². The number of anilines is 1. The van der Waals surface area contributed by atoms with Crippen molar-refractivity contribution in [3.05, 3.63) is 22.7 Å². The van der Waals surface area contributed by atoms with E-state index in [0.29, 0.717) is 11.4 Å². The molecular weight excluding hydrogens is 420 g/mol. The monoisotopic (exact) mass is 438 g/mol. The first kappa shape index (κ1) is 17.5. The van der Waals surface area contributed by atoms with Crippen LogP contribution in [0.25, 0.3) is 0 Å². The van der Waals surface area contributed by atoms with E-state index in [1.165, 1.54) is 6.21 Å². The Hall–Kier alpha value is 0.125. The van der Waals surface area contributed by atoms with Crippen molar-refractivity contribution in [2.45, 2.75) is 38.9 Å². The fourth-order valence-corrected chi connectivity index (χ4v) is 3.49. The maximum Gasteiger partial charge on any atom is 0.496 e. The fourth-order valence-electron chi connectivity index (χ4n) is 2.03. The van der Waals surface area contributed by atoms with Crippen molar-refractivity contribution in [3.8, 4) is 0 Å². The highest BCUT2D eigenvalue weighted by Gasteiger charge is 2.52. The Kier molecular flexibility index (Phi) is 5.26. The van der Waals surface area contributed by atoms with Crippen LogP contribution in [-0.4, -0.2) is 24.5 Å². The zero-order chi connectivity index (χ0) is 15.8. The summed E-state index contributed by atoms with van der Waals surface area (Å²) in [7, 11) is -0.500. The Morgan fingerprint density at radius 1 is 1.29 bits per heavy atom. The van der Waals surface area contributed by atoms with Crippen LogP contribution in [0.5, 0.6) is 0 Å². The van der Waals surface area contributed by atoms with Gasteiger partial charge in [0, 0.05) is 34.3 Å². The predicted molar refractivity (Wildman–Crippen MR) is 101 cm³/mol. The van der Waals surface area contributed by atoms with Gasteiger partial charge in [-0.3, -0.25) is 0 Å². The Balaban J connectivity index is 2.41. The van der Waals surface area contributed by atoms with Gasteiger partial charge in [0.05, 0.1) is 11.2 Å². The zero-order valence-electron chi connectivity index (χ0n) is 12.4. The van der Waals surface area contributed by atoms with Crippen molar-refractivity contribution in [1.82, 2.24) is 0 Å². The standard InChI is InChI=1S/C13H18BClIN2O2P/c1-12(2)13(3,4)20-14(19-12)9-6-11(18-21-16)8(7-17)5-10(9)15/h5-7,17-18,21H,1-4H3. The molecule has 0 spiro atoms. The van der Waals surface area contributed by atoms with Crippen LogP contribution in [0.2, 0.25) is 5.02 Å². The van der Waals surface area contributed by atoms with Gasteiger partial charge >= 0.3 is 7.12 Å². The van der Waals surface area contributed by atoms with Gasteiger partial charge in [-0.1, -0.05) is 11.6 Å². The van der Waals surface area contributed by atoms with E-state index in [0.717, 1.165) is 16.7 Å². The molecule has 0 bridgehead atoms. The zero-order valence-corrected chi connectivity index (χ0v) is 16.3. The summed E-state index contributed by atoms with van der Waals surface area (Å²) in [5, 5.41) is 11.3. The van der Waals surface area contributed by atoms with Crippen LogP contribution in [0.3, 0.4) is 0 Å². The Morgan fingerprint density at radius 3 is 2.33 bits per heavy atom. The second-order valence-electron chi connectivity index (χ2n) is 5.91. The molecule has 1 fully saturated rings. The number of hydrogen-bond donors (Lipinski definition) is 2. The van der Waals surface area contributed by atoms with Gasteiger partial charge < -0.3 is 19.8 Å². The molecular formula is C13H18BClIN2O2P.